The lowest BCUT2D eigenvalue weighted by atomic mass is 9.87. The summed E-state index contributed by atoms with van der Waals surface area (Å²) in [4.78, 5) is 31.5. The number of carbonyl (C=O) groups excluding carboxylic acids is 2. The van der Waals surface area contributed by atoms with E-state index < -0.39 is 23.6 Å². The summed E-state index contributed by atoms with van der Waals surface area (Å²) in [5.41, 5.74) is -0.230. The van der Waals surface area contributed by atoms with Gasteiger partial charge >= 0.3 is 6.18 Å². The first-order valence-corrected chi connectivity index (χ1v) is 10.2. The highest BCUT2D eigenvalue weighted by molar-refractivity contribution is 5.85. The molecule has 0 aromatic heterocycles. The van der Waals surface area contributed by atoms with Crippen LogP contribution in [0.4, 0.5) is 13.2 Å². The first-order chi connectivity index (χ1) is 13.7. The fourth-order valence-corrected chi connectivity index (χ4v) is 4.37. The van der Waals surface area contributed by atoms with Crippen LogP contribution in [-0.2, 0) is 15.8 Å². The molecule has 2 saturated heterocycles. The zero-order valence-electron chi connectivity index (χ0n) is 16.5. The maximum atomic E-state index is 13.3. The minimum absolute atomic E-state index is 0.0228. The third kappa shape index (κ3) is 4.27. The molecular weight excluding hydrogens is 383 g/mol. The van der Waals surface area contributed by atoms with Crippen LogP contribution in [0.5, 0.6) is 0 Å². The molecule has 29 heavy (non-hydrogen) atoms. The monoisotopic (exact) mass is 409 g/mol. The van der Waals surface area contributed by atoms with E-state index in [-0.39, 0.29) is 17.7 Å². The first-order valence-electron chi connectivity index (χ1n) is 10.2. The van der Waals surface area contributed by atoms with Crippen LogP contribution in [0.15, 0.2) is 24.3 Å². The molecule has 2 aliphatic heterocycles. The summed E-state index contributed by atoms with van der Waals surface area (Å²) >= 11 is 0. The summed E-state index contributed by atoms with van der Waals surface area (Å²) in [7, 11) is 2.00. The van der Waals surface area contributed by atoms with Crippen LogP contribution in [0.3, 0.4) is 0 Å². The van der Waals surface area contributed by atoms with Crippen molar-refractivity contribution in [2.75, 3.05) is 46.3 Å². The molecule has 0 unspecified atom stereocenters. The lowest BCUT2D eigenvalue weighted by Crippen LogP contribution is -2.50. The number of halogens is 3. The smallest absolute Gasteiger partial charge is 0.341 e. The van der Waals surface area contributed by atoms with Crippen molar-refractivity contribution in [2.24, 2.45) is 11.8 Å². The third-order valence-electron chi connectivity index (χ3n) is 6.33. The summed E-state index contributed by atoms with van der Waals surface area (Å²) in [6, 6.07) is 5.22. The Kier molecular flexibility index (Phi) is 5.31. The van der Waals surface area contributed by atoms with Gasteiger partial charge < -0.3 is 14.7 Å². The van der Waals surface area contributed by atoms with Crippen molar-refractivity contribution in [3.8, 4) is 0 Å². The van der Waals surface area contributed by atoms with E-state index in [4.69, 9.17) is 0 Å². The van der Waals surface area contributed by atoms with Gasteiger partial charge in [0.2, 0.25) is 11.8 Å². The van der Waals surface area contributed by atoms with Crippen LogP contribution >= 0.6 is 0 Å². The molecule has 1 aliphatic carbocycles. The van der Waals surface area contributed by atoms with E-state index in [1.54, 1.807) is 15.9 Å². The van der Waals surface area contributed by atoms with E-state index >= 15 is 0 Å². The SMILES string of the molecule is CN1CCN(C(=O)[C@@H]2CN(C(=O)C3CC3)C[C@@H]2c2cccc(C(F)(F)F)c2)CC1. The molecule has 2 heterocycles. The molecule has 8 heteroatoms. The van der Waals surface area contributed by atoms with E-state index in [1.165, 1.54) is 6.07 Å². The van der Waals surface area contributed by atoms with Crippen molar-refractivity contribution >= 4 is 11.8 Å². The van der Waals surface area contributed by atoms with Gasteiger partial charge in [-0.1, -0.05) is 18.2 Å². The van der Waals surface area contributed by atoms with E-state index in [1.807, 2.05) is 7.05 Å². The number of likely N-dealkylation sites (N-methyl/N-ethyl adjacent to an activating group) is 1. The van der Waals surface area contributed by atoms with E-state index in [9.17, 15) is 22.8 Å². The number of hydrogen-bond donors (Lipinski definition) is 0. The van der Waals surface area contributed by atoms with E-state index in [0.29, 0.717) is 31.7 Å². The molecule has 3 fully saturated rings. The number of likely N-dealkylation sites (tertiary alicyclic amines) is 1. The molecule has 4 rings (SSSR count). The zero-order chi connectivity index (χ0) is 20.8. The Labute approximate surface area is 168 Å². The lowest BCUT2D eigenvalue weighted by molar-refractivity contribution is -0.138. The van der Waals surface area contributed by atoms with Gasteiger partial charge in [0.1, 0.15) is 0 Å². The Balaban J connectivity index is 1.59. The van der Waals surface area contributed by atoms with Gasteiger partial charge in [-0.3, -0.25) is 9.59 Å². The largest absolute Gasteiger partial charge is 0.416 e. The molecule has 3 aliphatic rings. The average molecular weight is 409 g/mol. The van der Waals surface area contributed by atoms with Crippen molar-refractivity contribution < 1.29 is 22.8 Å². The lowest BCUT2D eigenvalue weighted by Gasteiger charge is -2.35. The number of nitrogens with zero attached hydrogens (tertiary/aromatic N) is 3. The second-order valence-corrected chi connectivity index (χ2v) is 8.48. The summed E-state index contributed by atoms with van der Waals surface area (Å²) < 4.78 is 39.6. The molecule has 1 aromatic rings. The van der Waals surface area contributed by atoms with Crippen molar-refractivity contribution in [3.05, 3.63) is 35.4 Å². The zero-order valence-corrected chi connectivity index (χ0v) is 16.5. The topological polar surface area (TPSA) is 43.9 Å². The molecule has 1 saturated carbocycles. The number of benzene rings is 1. The maximum Gasteiger partial charge on any atom is 0.416 e. The fraction of sp³-hybridized carbons (Fsp3) is 0.619. The molecule has 0 spiro atoms. The molecule has 2 atom stereocenters. The second-order valence-electron chi connectivity index (χ2n) is 8.48. The van der Waals surface area contributed by atoms with Gasteiger partial charge in [-0.05, 0) is 31.5 Å². The van der Waals surface area contributed by atoms with Gasteiger partial charge in [-0.25, -0.2) is 0 Å². The Morgan fingerprint density at radius 3 is 2.28 bits per heavy atom. The maximum absolute atomic E-state index is 13.3. The van der Waals surface area contributed by atoms with Crippen LogP contribution in [0.2, 0.25) is 0 Å². The Morgan fingerprint density at radius 2 is 1.66 bits per heavy atom. The van der Waals surface area contributed by atoms with Gasteiger partial charge in [0.15, 0.2) is 0 Å². The summed E-state index contributed by atoms with van der Waals surface area (Å²) in [5.74, 6) is -0.895. The van der Waals surface area contributed by atoms with Crippen molar-refractivity contribution in [2.45, 2.75) is 24.9 Å². The summed E-state index contributed by atoms with van der Waals surface area (Å²) in [6.07, 6.45) is -2.71. The molecule has 1 aromatic carbocycles. The summed E-state index contributed by atoms with van der Waals surface area (Å²) in [5, 5.41) is 0. The van der Waals surface area contributed by atoms with Gasteiger partial charge in [-0.2, -0.15) is 13.2 Å². The normalized spacial score (nSPS) is 26.1. The van der Waals surface area contributed by atoms with Gasteiger partial charge in [0.25, 0.3) is 0 Å². The predicted molar refractivity (Wildman–Crippen MR) is 101 cm³/mol. The number of alkyl halides is 3. The van der Waals surface area contributed by atoms with E-state index in [2.05, 4.69) is 4.90 Å². The number of amides is 2. The van der Waals surface area contributed by atoms with Crippen LogP contribution in [-0.4, -0.2) is 72.8 Å². The third-order valence-corrected chi connectivity index (χ3v) is 6.33. The molecule has 0 bridgehead atoms. The highest BCUT2D eigenvalue weighted by atomic mass is 19.4. The Morgan fingerprint density at radius 1 is 0.966 bits per heavy atom. The average Bonchev–Trinajstić information content (AvgIpc) is 3.45. The molecular formula is C21H26F3N3O2. The van der Waals surface area contributed by atoms with Crippen molar-refractivity contribution in [1.82, 2.24) is 14.7 Å². The molecule has 5 nitrogen and oxygen atoms in total. The van der Waals surface area contributed by atoms with Gasteiger partial charge in [-0.15, -0.1) is 0 Å². The Bertz CT molecular complexity index is 786. The first kappa shape index (κ1) is 20.2. The van der Waals surface area contributed by atoms with Crippen LogP contribution in [0.1, 0.15) is 29.9 Å². The highest BCUT2D eigenvalue weighted by Crippen LogP contribution is 2.40. The molecule has 2 amide bonds. The van der Waals surface area contributed by atoms with Crippen LogP contribution < -0.4 is 0 Å². The van der Waals surface area contributed by atoms with Crippen molar-refractivity contribution in [3.63, 3.8) is 0 Å². The minimum Gasteiger partial charge on any atom is -0.341 e. The fourth-order valence-electron chi connectivity index (χ4n) is 4.37. The summed E-state index contributed by atoms with van der Waals surface area (Å²) in [6.45, 7) is 3.37. The number of rotatable bonds is 3. The Hall–Kier alpha value is -2.09. The van der Waals surface area contributed by atoms with Crippen molar-refractivity contribution in [1.29, 1.82) is 0 Å². The van der Waals surface area contributed by atoms with Gasteiger partial charge in [0.05, 0.1) is 11.5 Å². The van der Waals surface area contributed by atoms with Crippen LogP contribution in [0.25, 0.3) is 0 Å². The quantitative estimate of drug-likeness (QED) is 0.770. The minimum atomic E-state index is -4.44. The second kappa shape index (κ2) is 7.63. The number of hydrogen-bond acceptors (Lipinski definition) is 3. The van der Waals surface area contributed by atoms with Gasteiger partial charge in [0, 0.05) is 51.1 Å². The number of carbonyl (C=O) groups is 2. The predicted octanol–water partition coefficient (Wildman–Crippen LogP) is 2.43. The standard InChI is InChI=1S/C21H26F3N3O2/c1-25-7-9-26(10-8-25)20(29)18-13-27(19(28)14-5-6-14)12-17(18)15-3-2-4-16(11-15)21(22,23)24/h2-4,11,14,17-18H,5-10,12-13H2,1H3/t17-,18-/m1/s1. The highest BCUT2D eigenvalue weighted by Gasteiger charge is 2.45. The van der Waals surface area contributed by atoms with Crippen LogP contribution in [0, 0.1) is 11.8 Å². The molecule has 0 radical (unpaired) electrons. The molecule has 158 valence electrons. The molecule has 0 N–H and O–H groups in total. The van der Waals surface area contributed by atoms with E-state index in [0.717, 1.165) is 38.1 Å². The number of piperazine rings is 1.